The molecule has 0 heterocycles. The molecule has 0 unspecified atom stereocenters. The number of rotatable bonds is 1. The first kappa shape index (κ1) is 13.4. The van der Waals surface area contributed by atoms with Gasteiger partial charge in [-0.3, -0.25) is 0 Å². The Bertz CT molecular complexity index is 489. The predicted molar refractivity (Wildman–Crippen MR) is 71.7 cm³/mol. The molecule has 0 saturated carbocycles. The van der Waals surface area contributed by atoms with Crippen LogP contribution in [0.4, 0.5) is 0 Å². The second-order valence-corrected chi connectivity index (χ2v) is 3.90. The lowest BCUT2D eigenvalue weighted by Gasteiger charge is -2.05. The molecule has 2 rings (SSSR count). The SMILES string of the molecule is Clc1ccccc1-c1ccccc1Cl.N#CN. The van der Waals surface area contributed by atoms with Gasteiger partial charge in [0.15, 0.2) is 6.19 Å². The molecule has 0 atom stereocenters. The molecule has 2 aromatic rings. The lowest BCUT2D eigenvalue weighted by Crippen LogP contribution is -1.79. The number of halogens is 2. The van der Waals surface area contributed by atoms with Crippen molar-refractivity contribution in [2.75, 3.05) is 0 Å². The highest BCUT2D eigenvalue weighted by molar-refractivity contribution is 6.36. The summed E-state index contributed by atoms with van der Waals surface area (Å²) in [6.07, 6.45) is 1.25. The van der Waals surface area contributed by atoms with E-state index in [1.54, 1.807) is 0 Å². The number of hydrogen-bond donors (Lipinski definition) is 1. The summed E-state index contributed by atoms with van der Waals surface area (Å²) >= 11 is 12.1. The molecule has 17 heavy (non-hydrogen) atoms. The van der Waals surface area contributed by atoms with E-state index in [1.165, 1.54) is 6.19 Å². The number of nitrogens with two attached hydrogens (primary N) is 1. The van der Waals surface area contributed by atoms with Crippen molar-refractivity contribution in [3.05, 3.63) is 58.6 Å². The van der Waals surface area contributed by atoms with E-state index in [-0.39, 0.29) is 0 Å². The Morgan fingerprint density at radius 1 is 0.824 bits per heavy atom. The predicted octanol–water partition coefficient (Wildman–Crippen LogP) is 4.09. The van der Waals surface area contributed by atoms with Crippen molar-refractivity contribution in [3.63, 3.8) is 0 Å². The average molecular weight is 265 g/mol. The largest absolute Gasteiger partial charge is 0.337 e. The van der Waals surface area contributed by atoms with Crippen molar-refractivity contribution < 1.29 is 0 Å². The lowest BCUT2D eigenvalue weighted by molar-refractivity contribution is 1.45. The van der Waals surface area contributed by atoms with Gasteiger partial charge in [0.05, 0.1) is 0 Å². The molecule has 0 amide bonds. The van der Waals surface area contributed by atoms with E-state index >= 15 is 0 Å². The summed E-state index contributed by atoms with van der Waals surface area (Å²) in [5.74, 6) is 0. The first-order chi connectivity index (χ1) is 8.20. The maximum atomic E-state index is 7.10. The minimum atomic E-state index is 0.723. The van der Waals surface area contributed by atoms with Crippen LogP contribution in [-0.4, -0.2) is 0 Å². The van der Waals surface area contributed by atoms with Crippen LogP contribution in [0.5, 0.6) is 0 Å². The van der Waals surface area contributed by atoms with Gasteiger partial charge in [-0.1, -0.05) is 59.6 Å². The highest BCUT2D eigenvalue weighted by atomic mass is 35.5. The molecule has 0 spiro atoms. The van der Waals surface area contributed by atoms with Gasteiger partial charge in [0, 0.05) is 21.2 Å². The fraction of sp³-hybridized carbons (Fsp3) is 0. The zero-order chi connectivity index (χ0) is 12.7. The molecule has 0 aliphatic carbocycles. The minimum Gasteiger partial charge on any atom is -0.337 e. The third kappa shape index (κ3) is 3.67. The molecule has 4 heteroatoms. The molecule has 0 fully saturated rings. The summed E-state index contributed by atoms with van der Waals surface area (Å²) < 4.78 is 0. The molecule has 0 saturated heterocycles. The zero-order valence-electron chi connectivity index (χ0n) is 8.90. The van der Waals surface area contributed by atoms with Crippen molar-refractivity contribution in [2.45, 2.75) is 0 Å². The summed E-state index contributed by atoms with van der Waals surface area (Å²) in [5, 5.41) is 8.54. The molecule has 2 nitrogen and oxygen atoms in total. The third-order valence-electron chi connectivity index (χ3n) is 2.04. The van der Waals surface area contributed by atoms with E-state index in [4.69, 9.17) is 28.5 Å². The van der Waals surface area contributed by atoms with Crippen molar-refractivity contribution in [1.29, 1.82) is 5.26 Å². The highest BCUT2D eigenvalue weighted by Gasteiger charge is 2.04. The Kier molecular flexibility index (Phi) is 5.35. The van der Waals surface area contributed by atoms with Crippen molar-refractivity contribution >= 4 is 23.2 Å². The molecular formula is C13H10Cl2N2. The molecule has 86 valence electrons. The van der Waals surface area contributed by atoms with Crippen molar-refractivity contribution in [1.82, 2.24) is 0 Å². The second-order valence-electron chi connectivity index (χ2n) is 3.09. The van der Waals surface area contributed by atoms with E-state index < -0.39 is 0 Å². The van der Waals surface area contributed by atoms with Crippen LogP contribution in [0.3, 0.4) is 0 Å². The van der Waals surface area contributed by atoms with Gasteiger partial charge in [0.2, 0.25) is 0 Å². The number of hydrogen-bond acceptors (Lipinski definition) is 2. The summed E-state index contributed by atoms with van der Waals surface area (Å²) in [4.78, 5) is 0. The Labute approximate surface area is 110 Å². The van der Waals surface area contributed by atoms with Crippen LogP contribution in [-0.2, 0) is 0 Å². The summed E-state index contributed by atoms with van der Waals surface area (Å²) in [6.45, 7) is 0. The molecule has 2 N–H and O–H groups in total. The van der Waals surface area contributed by atoms with E-state index in [1.807, 2.05) is 48.5 Å². The molecule has 0 aliphatic rings. The van der Waals surface area contributed by atoms with E-state index in [9.17, 15) is 0 Å². The Morgan fingerprint density at radius 2 is 1.12 bits per heavy atom. The lowest BCUT2D eigenvalue weighted by atomic mass is 10.1. The van der Waals surface area contributed by atoms with E-state index in [2.05, 4.69) is 5.73 Å². The Balaban J connectivity index is 0.000000437. The highest BCUT2D eigenvalue weighted by Crippen LogP contribution is 2.32. The molecule has 2 aromatic carbocycles. The fourth-order valence-corrected chi connectivity index (χ4v) is 1.83. The maximum absolute atomic E-state index is 7.10. The van der Waals surface area contributed by atoms with Gasteiger partial charge < -0.3 is 5.73 Å². The first-order valence-electron chi connectivity index (χ1n) is 4.79. The number of benzene rings is 2. The summed E-state index contributed by atoms with van der Waals surface area (Å²) in [6, 6.07) is 15.4. The van der Waals surface area contributed by atoms with Crippen LogP contribution < -0.4 is 5.73 Å². The summed E-state index contributed by atoms with van der Waals surface area (Å²) in [7, 11) is 0. The third-order valence-corrected chi connectivity index (χ3v) is 2.70. The molecule has 0 radical (unpaired) electrons. The molecule has 0 bridgehead atoms. The normalized spacial score (nSPS) is 8.76. The Morgan fingerprint density at radius 3 is 1.41 bits per heavy atom. The van der Waals surface area contributed by atoms with Crippen LogP contribution in [0, 0.1) is 11.5 Å². The van der Waals surface area contributed by atoms with Crippen LogP contribution in [0.25, 0.3) is 11.1 Å². The van der Waals surface area contributed by atoms with Crippen LogP contribution in [0.15, 0.2) is 48.5 Å². The molecule has 0 aromatic heterocycles. The minimum absolute atomic E-state index is 0.723. The molecule has 0 aliphatic heterocycles. The van der Waals surface area contributed by atoms with Gasteiger partial charge in [-0.2, -0.15) is 5.26 Å². The van der Waals surface area contributed by atoms with E-state index in [0.29, 0.717) is 0 Å². The number of nitrogens with zero attached hydrogens (tertiary/aromatic N) is 1. The van der Waals surface area contributed by atoms with Gasteiger partial charge in [-0.15, -0.1) is 0 Å². The topological polar surface area (TPSA) is 49.8 Å². The maximum Gasteiger partial charge on any atom is 0.173 e. The number of nitriles is 1. The van der Waals surface area contributed by atoms with Crippen LogP contribution >= 0.6 is 23.2 Å². The standard InChI is InChI=1S/C12H8Cl2.CH2N2/c13-11-7-3-1-5-9(11)10-6-2-4-8-12(10)14;2-1-3/h1-8H;2H2. The quantitative estimate of drug-likeness (QED) is 0.623. The monoisotopic (exact) mass is 264 g/mol. The van der Waals surface area contributed by atoms with Gasteiger partial charge in [0.1, 0.15) is 0 Å². The van der Waals surface area contributed by atoms with Crippen molar-refractivity contribution in [2.24, 2.45) is 5.73 Å². The average Bonchev–Trinajstić information content (AvgIpc) is 2.32. The van der Waals surface area contributed by atoms with Crippen LogP contribution in [0.2, 0.25) is 10.0 Å². The smallest absolute Gasteiger partial charge is 0.173 e. The van der Waals surface area contributed by atoms with Gasteiger partial charge in [-0.25, -0.2) is 0 Å². The zero-order valence-corrected chi connectivity index (χ0v) is 10.4. The van der Waals surface area contributed by atoms with Gasteiger partial charge in [0.25, 0.3) is 0 Å². The molecular weight excluding hydrogens is 255 g/mol. The Hall–Kier alpha value is -1.69. The van der Waals surface area contributed by atoms with Crippen molar-refractivity contribution in [3.8, 4) is 17.3 Å². The van der Waals surface area contributed by atoms with Gasteiger partial charge in [-0.05, 0) is 12.1 Å². The van der Waals surface area contributed by atoms with Gasteiger partial charge >= 0.3 is 0 Å². The van der Waals surface area contributed by atoms with E-state index in [0.717, 1.165) is 21.2 Å². The fourth-order valence-electron chi connectivity index (χ4n) is 1.36. The second kappa shape index (κ2) is 6.80. The van der Waals surface area contributed by atoms with Crippen LogP contribution in [0.1, 0.15) is 0 Å². The summed E-state index contributed by atoms with van der Waals surface area (Å²) in [5.41, 5.74) is 6.10. The first-order valence-corrected chi connectivity index (χ1v) is 5.55.